The minimum Gasteiger partial charge on any atom is -0.468 e. The summed E-state index contributed by atoms with van der Waals surface area (Å²) in [6.07, 6.45) is 6.96. The Morgan fingerprint density at radius 1 is 0.468 bits per heavy atom. The molecule has 0 radical (unpaired) electrons. The fourth-order valence-corrected chi connectivity index (χ4v) is 18.8. The standard InChI is InChI=1S/C27H17Br2ClN4O3S.C18H11ClN4O3S.C17H15ClN4O4S.C16H15ClN4O3S.C15H15ClN4O3S/c28-18-8-4-16(5-9-18)23(35)14-33-26(37)22-13-31-34(21-3-1-2-20(30)12-21)25(22)32-27(33)38-15-24(36)17-6-10-19(29)11-7-17;19-10-2-1-3-11(6-10)23-16-13(8-20-23)17(24)22-18(21-16)27-12-4-5-14-15(7-12)26-9-25-14;1-2-26-14(24)7-12(23)9-27-17-20-15-13(16(25)21-17)8-19-22(15)11-5-3-4-10(18)6-11;1-16(2,14(23)24-3)25-15-19-12-11(13(22)20-15)8-18-21(12)10-6-4-5-9(17)7-10;16-10-2-1-3-11(8-10)20-13-12(9-17-20)14(22)19-15(18-13)24-7-6-23-5-4-21/h1-13H,14-15H2;1-8H,9H2,(H,21,22,24);3-6,8H,2,7,9H2,1H3,(H,20,21,25);4-8H,1-3H3,(H,19,20,22);1-3,8-9,21H,4-7H2,(H,18,19,22). The molecule has 0 atom stereocenters. The lowest BCUT2D eigenvalue weighted by molar-refractivity contribution is -0.145. The van der Waals surface area contributed by atoms with E-state index in [1.807, 2.05) is 48.5 Å². The zero-order valence-corrected chi connectivity index (χ0v) is 84.8. The van der Waals surface area contributed by atoms with E-state index in [1.54, 1.807) is 170 Å². The van der Waals surface area contributed by atoms with Gasteiger partial charge in [-0.3, -0.25) is 52.5 Å². The summed E-state index contributed by atoms with van der Waals surface area (Å²) in [7, 11) is 1.32. The van der Waals surface area contributed by atoms with Gasteiger partial charge in [-0.2, -0.15) is 25.5 Å². The topological polar surface area (TPSA) is 459 Å². The van der Waals surface area contributed by atoms with Crippen LogP contribution in [-0.2, 0) is 35.1 Å². The molecule has 11 heterocycles. The van der Waals surface area contributed by atoms with Crippen molar-refractivity contribution in [1.82, 2.24) is 98.3 Å². The lowest BCUT2D eigenvalue weighted by Gasteiger charge is -2.19. The number of methoxy groups -OCH3 is 1. The van der Waals surface area contributed by atoms with Gasteiger partial charge in [0.2, 0.25) is 6.79 Å². The van der Waals surface area contributed by atoms with Gasteiger partial charge in [0, 0.05) is 55.8 Å². The third kappa shape index (κ3) is 25.7. The molecular formula is C93H73Br2Cl5N20O16S5. The number of hydrogen-bond donors (Lipinski definition) is 5. The number of nitrogens with one attached hydrogen (secondary N) is 4. The normalized spacial score (nSPS) is 11.5. The van der Waals surface area contributed by atoms with Gasteiger partial charge in [-0.1, -0.05) is 203 Å². The summed E-state index contributed by atoms with van der Waals surface area (Å²) in [5.41, 5.74) is 4.78. The molecule has 720 valence electrons. The molecule has 0 aliphatic carbocycles. The van der Waals surface area contributed by atoms with E-state index < -0.39 is 22.2 Å². The smallest absolute Gasteiger partial charge is 0.321 e. The number of hydrogen-bond acceptors (Lipinski definition) is 31. The molecule has 0 unspecified atom stereocenters. The van der Waals surface area contributed by atoms with Crippen LogP contribution in [0.15, 0.2) is 283 Å². The minimum atomic E-state index is -0.903. The number of rotatable bonds is 29. The van der Waals surface area contributed by atoms with Gasteiger partial charge in [0.25, 0.3) is 27.8 Å². The van der Waals surface area contributed by atoms with Gasteiger partial charge < -0.3 is 48.7 Å². The fraction of sp³-hybridized carbons (Fsp3) is 0.161. The summed E-state index contributed by atoms with van der Waals surface area (Å²) in [6, 6.07) is 55.0. The van der Waals surface area contributed by atoms with Gasteiger partial charge in [-0.05, 0) is 154 Å². The van der Waals surface area contributed by atoms with E-state index in [2.05, 4.69) is 97.2 Å². The molecule has 36 nitrogen and oxygen atoms in total. The molecule has 1 aliphatic heterocycles. The first-order valence-corrected chi connectivity index (χ1v) is 49.9. The van der Waals surface area contributed by atoms with Crippen molar-refractivity contribution in [3.05, 3.63) is 316 Å². The van der Waals surface area contributed by atoms with Gasteiger partial charge in [-0.25, -0.2) is 48.3 Å². The number of aromatic amines is 4. The summed E-state index contributed by atoms with van der Waals surface area (Å²) >= 11 is 43.0. The number of H-pyrrole nitrogens is 4. The highest BCUT2D eigenvalue weighted by atomic mass is 79.9. The molecular weight excluding hydrogens is 2150 g/mol. The highest BCUT2D eigenvalue weighted by Gasteiger charge is 2.32. The van der Waals surface area contributed by atoms with Gasteiger partial charge in [0.1, 0.15) is 38.1 Å². The zero-order chi connectivity index (χ0) is 99.7. The molecule has 0 amide bonds. The fourth-order valence-electron chi connectivity index (χ4n) is 13.3. The van der Waals surface area contributed by atoms with Gasteiger partial charge >= 0.3 is 11.9 Å². The van der Waals surface area contributed by atoms with Crippen molar-refractivity contribution in [2.45, 2.75) is 69.2 Å². The van der Waals surface area contributed by atoms with Gasteiger partial charge in [0.15, 0.2) is 82.9 Å². The van der Waals surface area contributed by atoms with Crippen LogP contribution in [0.4, 0.5) is 0 Å². The van der Waals surface area contributed by atoms with Crippen molar-refractivity contribution >= 4 is 233 Å². The van der Waals surface area contributed by atoms with Crippen molar-refractivity contribution in [1.29, 1.82) is 0 Å². The van der Waals surface area contributed by atoms with E-state index in [9.17, 15) is 47.9 Å². The molecule has 0 saturated heterocycles. The number of ether oxygens (including phenoxy) is 5. The van der Waals surface area contributed by atoms with Crippen LogP contribution in [0, 0.1) is 0 Å². The second-order valence-corrected chi connectivity index (χ2v) is 39.7. The first-order chi connectivity index (χ1) is 67.9. The van der Waals surface area contributed by atoms with Crippen LogP contribution in [0.3, 0.4) is 0 Å². The number of ketones is 3. The highest BCUT2D eigenvalue weighted by molar-refractivity contribution is 9.10. The van der Waals surface area contributed by atoms with Crippen LogP contribution in [0.25, 0.3) is 83.6 Å². The summed E-state index contributed by atoms with van der Waals surface area (Å²) in [4.78, 5) is 158. The van der Waals surface area contributed by atoms with Crippen LogP contribution in [0.1, 0.15) is 47.9 Å². The number of benzene rings is 8. The van der Waals surface area contributed by atoms with Crippen molar-refractivity contribution in [3.63, 3.8) is 0 Å². The number of aliphatic hydroxyl groups excluding tert-OH is 1. The Hall–Kier alpha value is -12.9. The monoisotopic (exact) mass is 2220 g/mol. The van der Waals surface area contributed by atoms with Gasteiger partial charge in [0.05, 0.1) is 111 Å². The average molecular weight is 2220 g/mol. The number of halogens is 7. The van der Waals surface area contributed by atoms with E-state index in [1.165, 1.54) is 80.2 Å². The molecule has 19 rings (SSSR count). The SMILES string of the molecule is CCOC(=O)CC(=O)CSc1nc2c(cnn2-c2cccc(Cl)c2)c(=O)[nH]1.COC(=O)C(C)(C)Sc1nc2c(cnn2-c2cccc(Cl)c2)c(=O)[nH]1.O=C(CSc1nc2c(cnn2-c2cccc(Cl)c2)c(=O)n1CC(=O)c1ccc(Br)cc1)c1ccc(Br)cc1.O=c1[nH]c(SCCOCCO)nc2c1cnn2-c1cccc(Cl)c1.O=c1[nH]c(Sc2ccc3c(c2)OCO3)nc2c1cnn2-c1cccc(Cl)c1. The molecule has 8 aromatic carbocycles. The predicted molar refractivity (Wildman–Crippen MR) is 548 cm³/mol. The summed E-state index contributed by atoms with van der Waals surface area (Å²) in [6.45, 7) is 6.01. The van der Waals surface area contributed by atoms with Crippen LogP contribution in [-0.4, -0.2) is 195 Å². The van der Waals surface area contributed by atoms with E-state index in [4.69, 9.17) is 91.8 Å². The number of carbonyl (C=O) groups is 5. The first kappa shape index (κ1) is 103. The maximum absolute atomic E-state index is 13.6. The molecule has 18 aromatic rings. The summed E-state index contributed by atoms with van der Waals surface area (Å²) in [5.74, 6) is 0.306. The molecule has 0 fully saturated rings. The van der Waals surface area contributed by atoms with Crippen LogP contribution in [0.5, 0.6) is 11.5 Å². The molecule has 1 aliphatic rings. The number of fused-ring (bicyclic) bond motifs is 6. The molecule has 0 saturated carbocycles. The predicted octanol–water partition coefficient (Wildman–Crippen LogP) is 17.3. The highest BCUT2D eigenvalue weighted by Crippen LogP contribution is 2.39. The molecule has 5 N–H and O–H groups in total. The Kier molecular flexibility index (Phi) is 34.3. The molecule has 0 spiro atoms. The molecule has 10 aromatic heterocycles. The molecule has 0 bridgehead atoms. The lowest BCUT2D eigenvalue weighted by Crippen LogP contribution is -2.29. The number of carbonyl (C=O) groups excluding carboxylic acids is 5. The number of esters is 2. The largest absolute Gasteiger partial charge is 0.468 e. The molecule has 48 heteroatoms. The maximum Gasteiger partial charge on any atom is 0.321 e. The van der Waals surface area contributed by atoms with Crippen molar-refractivity contribution < 1.29 is 52.8 Å². The minimum absolute atomic E-state index is 0.00940. The maximum atomic E-state index is 13.6. The second kappa shape index (κ2) is 47.1. The number of aliphatic hydroxyl groups is 1. The van der Waals surface area contributed by atoms with Crippen molar-refractivity contribution in [2.75, 3.05) is 57.6 Å². The lowest BCUT2D eigenvalue weighted by atomic mass is 10.1. The number of nitrogens with zero attached hydrogens (tertiary/aromatic N) is 16. The Labute approximate surface area is 859 Å². The molecule has 141 heavy (non-hydrogen) atoms. The Morgan fingerprint density at radius 2 is 0.872 bits per heavy atom. The number of Topliss-reactive ketones (excluding diaryl/α,β-unsaturated/α-hetero) is 3. The average Bonchev–Trinajstić information content (AvgIpc) is 1.65. The second-order valence-electron chi connectivity index (χ2n) is 30.0. The Bertz CT molecular complexity index is 8080. The van der Waals surface area contributed by atoms with Crippen molar-refractivity contribution in [2.24, 2.45) is 0 Å². The van der Waals surface area contributed by atoms with E-state index >= 15 is 0 Å². The summed E-state index contributed by atoms with van der Waals surface area (Å²) < 4.78 is 35.3. The van der Waals surface area contributed by atoms with E-state index in [0.717, 1.165) is 60.5 Å². The summed E-state index contributed by atoms with van der Waals surface area (Å²) in [5, 5.41) is 36.2. The third-order valence-corrected chi connectivity index (χ3v) is 26.8. The third-order valence-electron chi connectivity index (χ3n) is 19.9. The number of aromatic nitrogens is 20. The Morgan fingerprint density at radius 3 is 1.31 bits per heavy atom. The van der Waals surface area contributed by atoms with Crippen LogP contribution in [0.2, 0.25) is 25.1 Å². The van der Waals surface area contributed by atoms with Crippen LogP contribution >= 0.6 is 149 Å². The Balaban J connectivity index is 0.000000135. The first-order valence-electron chi connectivity index (χ1n) is 41.8. The van der Waals surface area contributed by atoms with Crippen LogP contribution < -0.4 is 37.3 Å². The van der Waals surface area contributed by atoms with Gasteiger partial charge in [-0.15, -0.1) is 0 Å². The van der Waals surface area contributed by atoms with E-state index in [0.29, 0.717) is 149 Å². The number of thioether (sulfide) groups is 4. The zero-order valence-electron chi connectivity index (χ0n) is 73.8. The quantitative estimate of drug-likeness (QED) is 0.00726. The van der Waals surface area contributed by atoms with Crippen molar-refractivity contribution in [3.8, 4) is 39.9 Å². The van der Waals surface area contributed by atoms with E-state index in [-0.39, 0.29) is 99.8 Å².